The maximum atomic E-state index is 13.3. The molecule has 0 aromatic carbocycles. The van der Waals surface area contributed by atoms with Gasteiger partial charge in [-0.1, -0.05) is 0 Å². The third-order valence-electron chi connectivity index (χ3n) is 2.93. The summed E-state index contributed by atoms with van der Waals surface area (Å²) in [7, 11) is 0. The Morgan fingerprint density at radius 2 is 1.17 bits per heavy atom. The SMILES string of the molecule is CC(=O)OC1O[C@H](CF)[C@H](OC(C)=O)[C@H](OC(C)=O)[C@H]1OC(C)=O. The van der Waals surface area contributed by atoms with Gasteiger partial charge in [-0.2, -0.15) is 0 Å². The standard InChI is InChI=1S/C14H19FO9/c1-6(16)20-11-10(5-15)24-14(23-9(4)19)13(22-8(3)18)12(11)21-7(2)17/h10-14H,5H2,1-4H3/t10-,11+,12+,13-,14?/m1/s1. The first-order chi connectivity index (χ1) is 11.1. The number of esters is 4. The minimum absolute atomic E-state index is 0.785. The van der Waals surface area contributed by atoms with Crippen LogP contribution in [-0.2, 0) is 42.9 Å². The molecule has 0 aromatic rings. The molecule has 0 N–H and O–H groups in total. The normalized spacial score (nSPS) is 29.3. The van der Waals surface area contributed by atoms with Crippen molar-refractivity contribution in [1.82, 2.24) is 0 Å². The number of carbonyl (C=O) groups is 4. The molecule has 0 aromatic heterocycles. The molecular formula is C14H19FO9. The van der Waals surface area contributed by atoms with Crippen molar-refractivity contribution in [3.05, 3.63) is 0 Å². The summed E-state index contributed by atoms with van der Waals surface area (Å²) in [5.74, 6) is -3.16. The number of ether oxygens (including phenoxy) is 5. The molecule has 1 fully saturated rings. The Kier molecular flexibility index (Phi) is 7.08. The van der Waals surface area contributed by atoms with Crippen molar-refractivity contribution in [3.63, 3.8) is 0 Å². The van der Waals surface area contributed by atoms with Gasteiger partial charge in [0, 0.05) is 27.7 Å². The average Bonchev–Trinajstić information content (AvgIpc) is 2.42. The van der Waals surface area contributed by atoms with E-state index < -0.39 is 61.3 Å². The maximum absolute atomic E-state index is 13.3. The highest BCUT2D eigenvalue weighted by atomic mass is 19.1. The second-order valence-corrected chi connectivity index (χ2v) is 5.03. The van der Waals surface area contributed by atoms with Gasteiger partial charge in [-0.3, -0.25) is 19.2 Å². The molecule has 1 saturated heterocycles. The number of hydrogen-bond donors (Lipinski definition) is 0. The van der Waals surface area contributed by atoms with Crippen molar-refractivity contribution < 1.29 is 47.3 Å². The summed E-state index contributed by atoms with van der Waals surface area (Å²) in [5.41, 5.74) is 0. The van der Waals surface area contributed by atoms with Crippen LogP contribution < -0.4 is 0 Å². The Balaban J connectivity index is 3.23. The Labute approximate surface area is 137 Å². The highest BCUT2D eigenvalue weighted by Crippen LogP contribution is 2.29. The Morgan fingerprint density at radius 1 is 0.750 bits per heavy atom. The van der Waals surface area contributed by atoms with Crippen LogP contribution in [0.15, 0.2) is 0 Å². The van der Waals surface area contributed by atoms with Crippen molar-refractivity contribution in [2.75, 3.05) is 6.67 Å². The molecule has 136 valence electrons. The molecule has 0 amide bonds. The minimum atomic E-state index is -1.52. The van der Waals surface area contributed by atoms with Crippen molar-refractivity contribution >= 4 is 23.9 Å². The lowest BCUT2D eigenvalue weighted by molar-refractivity contribution is -0.297. The van der Waals surface area contributed by atoms with E-state index in [9.17, 15) is 23.6 Å². The third-order valence-corrected chi connectivity index (χ3v) is 2.93. The molecule has 1 rings (SSSR count). The predicted molar refractivity (Wildman–Crippen MR) is 73.1 cm³/mol. The zero-order chi connectivity index (χ0) is 18.4. The van der Waals surface area contributed by atoms with E-state index in [1.54, 1.807) is 0 Å². The predicted octanol–water partition coefficient (Wildman–Crippen LogP) is 0.0390. The summed E-state index contributed by atoms with van der Waals surface area (Å²) in [4.78, 5) is 45.1. The van der Waals surface area contributed by atoms with Gasteiger partial charge in [-0.25, -0.2) is 4.39 Å². The van der Waals surface area contributed by atoms with Crippen LogP contribution in [0.2, 0.25) is 0 Å². The number of halogens is 1. The number of rotatable bonds is 5. The van der Waals surface area contributed by atoms with E-state index in [1.165, 1.54) is 0 Å². The summed E-state index contributed by atoms with van der Waals surface area (Å²) in [6, 6.07) is 0. The van der Waals surface area contributed by atoms with Gasteiger partial charge in [0.05, 0.1) is 0 Å². The Hall–Kier alpha value is -2.23. The van der Waals surface area contributed by atoms with Crippen LogP contribution in [0, 0.1) is 0 Å². The minimum Gasteiger partial charge on any atom is -0.456 e. The second kappa shape index (κ2) is 8.57. The molecular weight excluding hydrogens is 331 g/mol. The van der Waals surface area contributed by atoms with Gasteiger partial charge in [-0.05, 0) is 0 Å². The summed E-state index contributed by atoms with van der Waals surface area (Å²) >= 11 is 0. The topological polar surface area (TPSA) is 114 Å². The summed E-state index contributed by atoms with van der Waals surface area (Å²) in [5, 5.41) is 0. The van der Waals surface area contributed by atoms with Gasteiger partial charge in [0.2, 0.25) is 12.4 Å². The van der Waals surface area contributed by atoms with Crippen molar-refractivity contribution in [1.29, 1.82) is 0 Å². The number of hydrogen-bond acceptors (Lipinski definition) is 9. The quantitative estimate of drug-likeness (QED) is 0.500. The summed E-state index contributed by atoms with van der Waals surface area (Å²) in [6.07, 6.45) is -7.12. The van der Waals surface area contributed by atoms with Gasteiger partial charge >= 0.3 is 23.9 Å². The van der Waals surface area contributed by atoms with Gasteiger partial charge in [0.15, 0.2) is 12.2 Å². The fraction of sp³-hybridized carbons (Fsp3) is 0.714. The van der Waals surface area contributed by atoms with Crippen LogP contribution in [0.5, 0.6) is 0 Å². The van der Waals surface area contributed by atoms with E-state index in [0.29, 0.717) is 0 Å². The highest BCUT2D eigenvalue weighted by molar-refractivity contribution is 5.69. The van der Waals surface area contributed by atoms with Gasteiger partial charge in [-0.15, -0.1) is 0 Å². The fourth-order valence-electron chi connectivity index (χ4n) is 2.24. The molecule has 0 aliphatic carbocycles. The average molecular weight is 350 g/mol. The van der Waals surface area contributed by atoms with E-state index >= 15 is 0 Å². The van der Waals surface area contributed by atoms with Crippen LogP contribution in [0.3, 0.4) is 0 Å². The molecule has 9 nitrogen and oxygen atoms in total. The fourth-order valence-corrected chi connectivity index (χ4v) is 2.24. The van der Waals surface area contributed by atoms with Crippen LogP contribution in [0.1, 0.15) is 27.7 Å². The van der Waals surface area contributed by atoms with Gasteiger partial charge < -0.3 is 23.7 Å². The molecule has 0 radical (unpaired) electrons. The first kappa shape index (κ1) is 19.8. The zero-order valence-electron chi connectivity index (χ0n) is 13.6. The van der Waals surface area contributed by atoms with Crippen LogP contribution >= 0.6 is 0 Å². The first-order valence-electron chi connectivity index (χ1n) is 7.06. The molecule has 5 atom stereocenters. The molecule has 0 spiro atoms. The van der Waals surface area contributed by atoms with Crippen LogP contribution in [0.4, 0.5) is 4.39 Å². The molecule has 1 unspecified atom stereocenters. The lowest BCUT2D eigenvalue weighted by Gasteiger charge is -2.43. The lowest BCUT2D eigenvalue weighted by atomic mass is 9.98. The van der Waals surface area contributed by atoms with Gasteiger partial charge in [0.25, 0.3) is 0 Å². The number of alkyl halides is 1. The van der Waals surface area contributed by atoms with Crippen LogP contribution in [0.25, 0.3) is 0 Å². The molecule has 24 heavy (non-hydrogen) atoms. The smallest absolute Gasteiger partial charge is 0.305 e. The largest absolute Gasteiger partial charge is 0.456 e. The molecule has 1 aliphatic heterocycles. The van der Waals surface area contributed by atoms with Crippen molar-refractivity contribution in [2.24, 2.45) is 0 Å². The van der Waals surface area contributed by atoms with Gasteiger partial charge in [0.1, 0.15) is 12.8 Å². The van der Waals surface area contributed by atoms with Crippen LogP contribution in [-0.4, -0.2) is 61.3 Å². The lowest BCUT2D eigenvalue weighted by Crippen LogP contribution is -2.62. The monoisotopic (exact) mass is 350 g/mol. The van der Waals surface area contributed by atoms with Crippen molar-refractivity contribution in [2.45, 2.75) is 58.4 Å². The summed E-state index contributed by atoms with van der Waals surface area (Å²) in [6.45, 7) is 3.14. The van der Waals surface area contributed by atoms with E-state index in [4.69, 9.17) is 23.7 Å². The third kappa shape index (κ3) is 5.44. The van der Waals surface area contributed by atoms with E-state index in [0.717, 1.165) is 27.7 Å². The molecule has 0 saturated carbocycles. The van der Waals surface area contributed by atoms with E-state index in [2.05, 4.69) is 0 Å². The molecule has 1 aliphatic rings. The Bertz CT molecular complexity index is 506. The van der Waals surface area contributed by atoms with E-state index in [1.807, 2.05) is 0 Å². The first-order valence-corrected chi connectivity index (χ1v) is 7.06. The summed E-state index contributed by atoms with van der Waals surface area (Å²) < 4.78 is 38.4. The zero-order valence-corrected chi connectivity index (χ0v) is 13.6. The molecule has 1 heterocycles. The van der Waals surface area contributed by atoms with Crippen molar-refractivity contribution in [3.8, 4) is 0 Å². The molecule has 0 bridgehead atoms. The Morgan fingerprint density at radius 3 is 1.58 bits per heavy atom. The maximum Gasteiger partial charge on any atom is 0.305 e. The number of carbonyl (C=O) groups excluding carboxylic acids is 4. The van der Waals surface area contributed by atoms with E-state index in [-0.39, 0.29) is 0 Å². The second-order valence-electron chi connectivity index (χ2n) is 5.03. The molecule has 10 heteroatoms. The highest BCUT2D eigenvalue weighted by Gasteiger charge is 2.53.